The molecule has 10 heteroatoms. The minimum Gasteiger partial charge on any atom is -0.493 e. The van der Waals surface area contributed by atoms with Crippen LogP contribution < -0.4 is 10.2 Å². The Kier molecular flexibility index (Phi) is 5.47. The van der Waals surface area contributed by atoms with Crippen molar-refractivity contribution in [3.05, 3.63) is 75.3 Å². The number of pyridine rings is 1. The largest absolute Gasteiger partial charge is 0.493 e. The minimum absolute atomic E-state index is 0.0536. The molecule has 1 aromatic heterocycles. The Hall–Kier alpha value is -3.01. The van der Waals surface area contributed by atoms with Crippen LogP contribution in [0.15, 0.2) is 41.2 Å². The lowest BCUT2D eigenvalue weighted by Gasteiger charge is -2.32. The third kappa shape index (κ3) is 3.56. The van der Waals surface area contributed by atoms with Crippen molar-refractivity contribution in [2.75, 3.05) is 7.11 Å². The number of aromatic nitrogens is 1. The van der Waals surface area contributed by atoms with E-state index < -0.39 is 58.3 Å². The number of benzene rings is 2. The van der Waals surface area contributed by atoms with Gasteiger partial charge in [0, 0.05) is 34.5 Å². The van der Waals surface area contributed by atoms with Crippen LogP contribution in [0.25, 0.3) is 10.9 Å². The van der Waals surface area contributed by atoms with Crippen molar-refractivity contribution in [3.63, 3.8) is 0 Å². The molecule has 0 saturated carbocycles. The van der Waals surface area contributed by atoms with Crippen molar-refractivity contribution in [2.24, 2.45) is 5.92 Å². The molecule has 0 bridgehead atoms. The second kappa shape index (κ2) is 7.79. The smallest absolute Gasteiger partial charge is 0.417 e. The van der Waals surface area contributed by atoms with Crippen LogP contribution in [0.1, 0.15) is 37.1 Å². The van der Waals surface area contributed by atoms with Gasteiger partial charge in [-0.25, -0.2) is 8.78 Å². The van der Waals surface area contributed by atoms with Gasteiger partial charge in [0.1, 0.15) is 11.9 Å². The first-order chi connectivity index (χ1) is 15.4. The Morgan fingerprint density at radius 1 is 1.09 bits per heavy atom. The van der Waals surface area contributed by atoms with Crippen molar-refractivity contribution in [1.82, 2.24) is 4.98 Å². The molecule has 1 fully saturated rings. The Morgan fingerprint density at radius 3 is 2.42 bits per heavy atom. The zero-order valence-electron chi connectivity index (χ0n) is 17.7. The summed E-state index contributed by atoms with van der Waals surface area (Å²) < 4.78 is 94.7. The van der Waals surface area contributed by atoms with Gasteiger partial charge in [0.05, 0.1) is 12.6 Å². The van der Waals surface area contributed by atoms with Gasteiger partial charge in [-0.05, 0) is 31.2 Å². The van der Waals surface area contributed by atoms with Gasteiger partial charge < -0.3 is 14.5 Å². The molecule has 0 amide bonds. The van der Waals surface area contributed by atoms with E-state index in [9.17, 15) is 31.1 Å². The summed E-state index contributed by atoms with van der Waals surface area (Å²) >= 11 is 0. The Morgan fingerprint density at radius 2 is 1.79 bits per heavy atom. The third-order valence-corrected chi connectivity index (χ3v) is 6.43. The van der Waals surface area contributed by atoms with Gasteiger partial charge in [0.2, 0.25) is 5.82 Å². The standard InChI is InChI=1S/C23H19F6NO3/c1-10-18(13-6-7-14(25)19(26)20(13)32-3)21(33-22(10,2)23(27,28)29)16-9-17(31)12-5-4-11(24)8-15(12)30-16/h4-10,18,21H,1-3H3,(H,30,31)/t10-,18-,21-,22+/m0/s1. The molecule has 0 unspecified atom stereocenters. The van der Waals surface area contributed by atoms with Crippen LogP contribution in [0, 0.1) is 23.4 Å². The maximum atomic E-state index is 14.5. The van der Waals surface area contributed by atoms with Gasteiger partial charge in [0.15, 0.2) is 22.6 Å². The van der Waals surface area contributed by atoms with E-state index in [0.717, 1.165) is 44.4 Å². The summed E-state index contributed by atoms with van der Waals surface area (Å²) in [5.41, 5.74) is -3.31. The Labute approximate surface area is 184 Å². The zero-order valence-corrected chi connectivity index (χ0v) is 17.7. The van der Waals surface area contributed by atoms with Crippen LogP contribution in [0.2, 0.25) is 0 Å². The number of halogens is 6. The second-order valence-electron chi connectivity index (χ2n) is 8.22. The number of H-pyrrole nitrogens is 1. The topological polar surface area (TPSA) is 51.3 Å². The van der Waals surface area contributed by atoms with Crippen molar-refractivity contribution in [1.29, 1.82) is 0 Å². The first-order valence-electron chi connectivity index (χ1n) is 9.98. The van der Waals surface area contributed by atoms with Crippen LogP contribution in [0.5, 0.6) is 5.75 Å². The molecule has 4 nitrogen and oxygen atoms in total. The second-order valence-corrected chi connectivity index (χ2v) is 8.22. The average Bonchev–Trinajstić information content (AvgIpc) is 3.01. The van der Waals surface area contributed by atoms with E-state index in [1.54, 1.807) is 0 Å². The van der Waals surface area contributed by atoms with Crippen molar-refractivity contribution >= 4 is 10.9 Å². The Bertz CT molecular complexity index is 1290. The molecule has 2 heterocycles. The lowest BCUT2D eigenvalue weighted by molar-refractivity contribution is -0.275. The van der Waals surface area contributed by atoms with E-state index in [0.29, 0.717) is 0 Å². The zero-order chi connectivity index (χ0) is 24.3. The number of ether oxygens (including phenoxy) is 2. The lowest BCUT2D eigenvalue weighted by Crippen LogP contribution is -2.46. The molecule has 176 valence electrons. The normalized spacial score (nSPS) is 25.5. The van der Waals surface area contributed by atoms with Gasteiger partial charge >= 0.3 is 6.18 Å². The fourth-order valence-corrected chi connectivity index (χ4v) is 4.48. The van der Waals surface area contributed by atoms with Crippen molar-refractivity contribution < 1.29 is 35.8 Å². The summed E-state index contributed by atoms with van der Waals surface area (Å²) in [7, 11) is 1.07. The van der Waals surface area contributed by atoms with Crippen molar-refractivity contribution in [2.45, 2.75) is 37.6 Å². The van der Waals surface area contributed by atoms with Crippen LogP contribution in [0.4, 0.5) is 26.3 Å². The molecule has 33 heavy (non-hydrogen) atoms. The summed E-state index contributed by atoms with van der Waals surface area (Å²) in [4.78, 5) is 15.4. The lowest BCUT2D eigenvalue weighted by atomic mass is 9.76. The molecule has 3 aromatic rings. The Balaban J connectivity index is 1.97. The van der Waals surface area contributed by atoms with Gasteiger partial charge in [-0.1, -0.05) is 13.0 Å². The number of alkyl halides is 3. The fourth-order valence-electron chi connectivity index (χ4n) is 4.48. The van der Waals surface area contributed by atoms with Gasteiger partial charge in [-0.2, -0.15) is 17.6 Å². The van der Waals surface area contributed by atoms with Crippen LogP contribution in [-0.2, 0) is 4.74 Å². The molecule has 1 aliphatic heterocycles. The van der Waals surface area contributed by atoms with Crippen molar-refractivity contribution in [3.8, 4) is 5.75 Å². The molecule has 2 aromatic carbocycles. The van der Waals surface area contributed by atoms with E-state index in [-0.39, 0.29) is 22.2 Å². The van der Waals surface area contributed by atoms with E-state index in [1.807, 2.05) is 0 Å². The quantitative estimate of drug-likeness (QED) is 0.494. The fraction of sp³-hybridized carbons (Fsp3) is 0.348. The number of hydrogen-bond acceptors (Lipinski definition) is 3. The molecular weight excluding hydrogens is 452 g/mol. The summed E-state index contributed by atoms with van der Waals surface area (Å²) in [6.45, 7) is 2.13. The average molecular weight is 471 g/mol. The predicted molar refractivity (Wildman–Crippen MR) is 108 cm³/mol. The molecular formula is C23H19F6NO3. The highest BCUT2D eigenvalue weighted by Gasteiger charge is 2.65. The number of rotatable bonds is 3. The van der Waals surface area contributed by atoms with Crippen LogP contribution in [0.3, 0.4) is 0 Å². The number of fused-ring (bicyclic) bond motifs is 1. The van der Waals surface area contributed by atoms with Gasteiger partial charge in [0.25, 0.3) is 0 Å². The molecule has 1 aliphatic rings. The third-order valence-electron chi connectivity index (χ3n) is 6.43. The van der Waals surface area contributed by atoms with E-state index in [1.165, 1.54) is 13.0 Å². The SMILES string of the molecule is COc1c([C@H]2[C@H](c3cc(=O)c4ccc(F)cc4[nH]3)O[C@@](C)(C(F)(F)F)[C@H]2C)ccc(F)c1F. The van der Waals surface area contributed by atoms with Gasteiger partial charge in [-0.3, -0.25) is 4.79 Å². The van der Waals surface area contributed by atoms with Crippen LogP contribution in [-0.4, -0.2) is 23.9 Å². The molecule has 0 aliphatic carbocycles. The highest BCUT2D eigenvalue weighted by Crippen LogP contribution is 2.59. The first kappa shape index (κ1) is 23.2. The number of methoxy groups -OCH3 is 1. The maximum Gasteiger partial charge on any atom is 0.417 e. The molecule has 4 atom stereocenters. The monoisotopic (exact) mass is 471 g/mol. The number of hydrogen-bond donors (Lipinski definition) is 1. The molecule has 4 rings (SSSR count). The van der Waals surface area contributed by atoms with E-state index >= 15 is 0 Å². The molecule has 0 spiro atoms. The number of nitrogens with one attached hydrogen (secondary N) is 1. The highest BCUT2D eigenvalue weighted by molar-refractivity contribution is 5.78. The number of aromatic amines is 1. The molecule has 1 N–H and O–H groups in total. The summed E-state index contributed by atoms with van der Waals surface area (Å²) in [6, 6.07) is 6.37. The van der Waals surface area contributed by atoms with E-state index in [4.69, 9.17) is 9.47 Å². The van der Waals surface area contributed by atoms with Crippen LogP contribution >= 0.6 is 0 Å². The van der Waals surface area contributed by atoms with E-state index in [2.05, 4.69) is 4.98 Å². The summed E-state index contributed by atoms with van der Waals surface area (Å²) in [6.07, 6.45) is -6.25. The highest BCUT2D eigenvalue weighted by atomic mass is 19.4. The summed E-state index contributed by atoms with van der Waals surface area (Å²) in [5.74, 6) is -6.28. The first-order valence-corrected chi connectivity index (χ1v) is 9.98. The molecule has 0 radical (unpaired) electrons. The minimum atomic E-state index is -4.82. The molecule has 1 saturated heterocycles. The summed E-state index contributed by atoms with van der Waals surface area (Å²) in [5, 5.41) is 0.131. The van der Waals surface area contributed by atoms with Gasteiger partial charge in [-0.15, -0.1) is 0 Å². The predicted octanol–water partition coefficient (Wildman–Crippen LogP) is 5.77. The maximum absolute atomic E-state index is 14.5.